The van der Waals surface area contributed by atoms with Crippen LogP contribution in [0.4, 0.5) is 15.9 Å². The number of esters is 1. The Bertz CT molecular complexity index is 915. The summed E-state index contributed by atoms with van der Waals surface area (Å²) in [6.07, 6.45) is 3.86. The van der Waals surface area contributed by atoms with E-state index in [2.05, 4.69) is 15.5 Å². The number of fused-ring (bicyclic) bond motifs is 1. The summed E-state index contributed by atoms with van der Waals surface area (Å²) in [5.41, 5.74) is 3.19. The van der Waals surface area contributed by atoms with Gasteiger partial charge in [-0.25, -0.2) is 4.39 Å². The van der Waals surface area contributed by atoms with Gasteiger partial charge < -0.3 is 10.1 Å². The minimum Gasteiger partial charge on any atom is -0.462 e. The molecule has 2 heterocycles. The maximum Gasteiger partial charge on any atom is 0.306 e. The molecule has 1 saturated carbocycles. The van der Waals surface area contributed by atoms with Crippen molar-refractivity contribution in [3.05, 3.63) is 40.8 Å². The summed E-state index contributed by atoms with van der Waals surface area (Å²) < 4.78 is 20.3. The van der Waals surface area contributed by atoms with Crippen molar-refractivity contribution in [2.24, 2.45) is 0 Å². The van der Waals surface area contributed by atoms with Crippen molar-refractivity contribution in [2.75, 3.05) is 5.32 Å². The molecule has 0 saturated heterocycles. The zero-order valence-corrected chi connectivity index (χ0v) is 17.4. The Kier molecular flexibility index (Phi) is 5.78. The van der Waals surface area contributed by atoms with E-state index >= 15 is 0 Å². The molecule has 1 aromatic heterocycles. The average molecular weight is 422 g/mol. The lowest BCUT2D eigenvalue weighted by molar-refractivity contribution is -0.148. The summed E-state index contributed by atoms with van der Waals surface area (Å²) in [5, 5.41) is 10.4. The van der Waals surface area contributed by atoms with Gasteiger partial charge in [-0.15, -0.1) is 9.45 Å². The summed E-state index contributed by atoms with van der Waals surface area (Å²) in [5.74, 6) is 1.96. The second-order valence-corrected chi connectivity index (χ2v) is 10.4. The van der Waals surface area contributed by atoms with Gasteiger partial charge in [-0.05, 0) is 37.3 Å². The molecule has 5 nitrogen and oxygen atoms in total. The van der Waals surface area contributed by atoms with Crippen molar-refractivity contribution in [1.29, 1.82) is 0 Å². The highest BCUT2D eigenvalue weighted by Gasteiger charge is 2.30. The van der Waals surface area contributed by atoms with E-state index in [1.165, 1.54) is 0 Å². The molecule has 8 heteroatoms. The first-order valence-corrected chi connectivity index (χ1v) is 12.2. The van der Waals surface area contributed by atoms with Gasteiger partial charge in [0.1, 0.15) is 6.10 Å². The van der Waals surface area contributed by atoms with Crippen LogP contribution in [0, 0.1) is 5.82 Å². The Labute approximate surface area is 171 Å². The monoisotopic (exact) mass is 421 g/mol. The second kappa shape index (κ2) is 8.29. The predicted octanol–water partition coefficient (Wildman–Crippen LogP) is 4.37. The van der Waals surface area contributed by atoms with Crippen molar-refractivity contribution in [3.8, 4) is 0 Å². The number of hydrogen-bond acceptors (Lipinski definition) is 5. The standard InChI is InChI=1S/C20H24FN3O2S2/c1-2-3-19(25)26-14-6-4-12(8-14)17-9-18(24-23-17)22-16-7-5-13-10-28(27)11-15(13)20(16)21/h5,7,9,12,14H,2-4,6,8,10-11H2,1H3,(H2,22,23,24). The van der Waals surface area contributed by atoms with Gasteiger partial charge in [0.05, 0.1) is 5.69 Å². The van der Waals surface area contributed by atoms with Crippen LogP contribution < -0.4 is 5.32 Å². The molecule has 0 amide bonds. The van der Waals surface area contributed by atoms with E-state index < -0.39 is 0 Å². The lowest BCUT2D eigenvalue weighted by atomic mass is 10.0. The fourth-order valence-electron chi connectivity index (χ4n) is 3.96. The van der Waals surface area contributed by atoms with Crippen LogP contribution in [0.15, 0.2) is 18.2 Å². The molecule has 3 unspecified atom stereocenters. The highest BCUT2D eigenvalue weighted by molar-refractivity contribution is 8.28. The molecule has 1 aliphatic heterocycles. The van der Waals surface area contributed by atoms with Crippen LogP contribution in [0.5, 0.6) is 0 Å². The van der Waals surface area contributed by atoms with Crippen molar-refractivity contribution in [3.63, 3.8) is 0 Å². The van der Waals surface area contributed by atoms with Crippen LogP contribution in [-0.2, 0) is 41.7 Å². The van der Waals surface area contributed by atoms with Gasteiger partial charge in [0.2, 0.25) is 0 Å². The normalized spacial score (nSPS) is 23.6. The lowest BCUT2D eigenvalue weighted by Gasteiger charge is -2.11. The number of nitrogens with one attached hydrogen (secondary N) is 2. The van der Waals surface area contributed by atoms with Crippen LogP contribution in [0.2, 0.25) is 0 Å². The zero-order valence-electron chi connectivity index (χ0n) is 15.8. The number of hydrogen-bond donors (Lipinski definition) is 2. The van der Waals surface area contributed by atoms with Crippen LogP contribution in [0.1, 0.15) is 61.8 Å². The number of aromatic nitrogens is 2. The smallest absolute Gasteiger partial charge is 0.306 e. The zero-order chi connectivity index (χ0) is 19.7. The first kappa shape index (κ1) is 19.5. The Hall–Kier alpha value is -1.80. The van der Waals surface area contributed by atoms with E-state index in [4.69, 9.17) is 15.9 Å². The van der Waals surface area contributed by atoms with Crippen molar-refractivity contribution >= 4 is 38.1 Å². The fraction of sp³-hybridized carbons (Fsp3) is 0.500. The first-order chi connectivity index (χ1) is 13.5. The molecule has 1 aliphatic carbocycles. The molecule has 0 spiro atoms. The van der Waals surface area contributed by atoms with Gasteiger partial charge in [-0.1, -0.05) is 24.2 Å². The molecule has 150 valence electrons. The van der Waals surface area contributed by atoms with Crippen molar-refractivity contribution in [1.82, 2.24) is 10.2 Å². The van der Waals surface area contributed by atoms with Gasteiger partial charge in [0, 0.05) is 41.2 Å². The van der Waals surface area contributed by atoms with Gasteiger partial charge in [-0.3, -0.25) is 9.89 Å². The third-order valence-corrected chi connectivity index (χ3v) is 7.35. The molecule has 2 N–H and O–H groups in total. The van der Waals surface area contributed by atoms with Gasteiger partial charge in [0.15, 0.2) is 11.6 Å². The largest absolute Gasteiger partial charge is 0.462 e. The molecular weight excluding hydrogens is 397 g/mol. The van der Waals surface area contributed by atoms with E-state index in [1.54, 1.807) is 6.07 Å². The van der Waals surface area contributed by atoms with Gasteiger partial charge in [-0.2, -0.15) is 5.10 Å². The quantitative estimate of drug-likeness (QED) is 0.678. The third kappa shape index (κ3) is 4.12. The SMILES string of the molecule is CCCC(=O)OC1CCC(c2cc(Nc3ccc4c(c3F)CS(=S)C4)n[nH]2)C1. The molecular formula is C20H24FN3O2S2. The van der Waals surface area contributed by atoms with Crippen LogP contribution in [-0.4, -0.2) is 22.3 Å². The third-order valence-electron chi connectivity index (χ3n) is 5.40. The van der Waals surface area contributed by atoms with Crippen LogP contribution in [0.3, 0.4) is 0 Å². The molecule has 0 radical (unpaired) electrons. The maximum absolute atomic E-state index is 14.8. The number of nitrogens with zero attached hydrogens (tertiary/aromatic N) is 1. The number of anilines is 2. The average Bonchev–Trinajstić information content (AvgIpc) is 3.37. The number of aromatic amines is 1. The molecule has 2 aromatic rings. The van der Waals surface area contributed by atoms with Crippen molar-refractivity contribution in [2.45, 2.75) is 62.6 Å². The minimum atomic E-state index is -0.217. The van der Waals surface area contributed by atoms with E-state index in [0.717, 1.165) is 48.3 Å². The second-order valence-electron chi connectivity index (χ2n) is 7.50. The molecule has 1 fully saturated rings. The number of H-pyrrole nitrogens is 1. The summed E-state index contributed by atoms with van der Waals surface area (Å²) >= 11 is 5.35. The highest BCUT2D eigenvalue weighted by Crippen LogP contribution is 2.37. The van der Waals surface area contributed by atoms with Crippen molar-refractivity contribution < 1.29 is 13.9 Å². The number of carbonyl (C=O) groups excluding carboxylic acids is 1. The Balaban J connectivity index is 1.40. The molecule has 0 bridgehead atoms. The first-order valence-electron chi connectivity index (χ1n) is 9.70. The molecule has 28 heavy (non-hydrogen) atoms. The minimum absolute atomic E-state index is 0.0231. The topological polar surface area (TPSA) is 67.0 Å². The van der Waals surface area contributed by atoms with Crippen LogP contribution in [0.25, 0.3) is 0 Å². The van der Waals surface area contributed by atoms with Gasteiger partial charge >= 0.3 is 5.97 Å². The molecule has 3 atom stereocenters. The molecule has 1 aromatic carbocycles. The summed E-state index contributed by atoms with van der Waals surface area (Å²) in [7, 11) is -0.184. The summed E-state index contributed by atoms with van der Waals surface area (Å²) in [4.78, 5) is 11.7. The Morgan fingerprint density at radius 2 is 2.29 bits per heavy atom. The van der Waals surface area contributed by atoms with E-state index in [-0.39, 0.29) is 33.3 Å². The van der Waals surface area contributed by atoms with Gasteiger partial charge in [0.25, 0.3) is 0 Å². The summed E-state index contributed by atoms with van der Waals surface area (Å²) in [6.45, 7) is 1.97. The Morgan fingerprint density at radius 1 is 1.43 bits per heavy atom. The fourth-order valence-corrected chi connectivity index (χ4v) is 6.05. The van der Waals surface area contributed by atoms with E-state index in [9.17, 15) is 9.18 Å². The van der Waals surface area contributed by atoms with E-state index in [0.29, 0.717) is 23.7 Å². The molecule has 2 aliphatic rings. The highest BCUT2D eigenvalue weighted by atomic mass is 32.8. The molecule has 4 rings (SSSR count). The number of benzene rings is 1. The maximum atomic E-state index is 14.8. The number of ether oxygens (including phenoxy) is 1. The lowest BCUT2D eigenvalue weighted by Crippen LogP contribution is -2.14. The van der Waals surface area contributed by atoms with Crippen LogP contribution >= 0.6 is 0 Å². The summed E-state index contributed by atoms with van der Waals surface area (Å²) in [6, 6.07) is 5.64. The Morgan fingerprint density at radius 3 is 3.11 bits per heavy atom. The van der Waals surface area contributed by atoms with E-state index in [1.807, 2.05) is 19.1 Å². The number of carbonyl (C=O) groups is 1. The predicted molar refractivity (Wildman–Crippen MR) is 112 cm³/mol. The number of rotatable bonds is 6. The number of halogens is 1.